The van der Waals surface area contributed by atoms with E-state index in [9.17, 15) is 9.59 Å². The van der Waals surface area contributed by atoms with Gasteiger partial charge in [-0.2, -0.15) is 5.26 Å². The van der Waals surface area contributed by atoms with Crippen LogP contribution in [0.2, 0.25) is 0 Å². The van der Waals surface area contributed by atoms with Gasteiger partial charge in [0.25, 0.3) is 5.91 Å². The summed E-state index contributed by atoms with van der Waals surface area (Å²) in [4.78, 5) is 26.3. The molecule has 0 unspecified atom stereocenters. The Morgan fingerprint density at radius 2 is 1.72 bits per heavy atom. The summed E-state index contributed by atoms with van der Waals surface area (Å²) in [5, 5.41) is 14.7. The molecule has 2 N–H and O–H groups in total. The molecule has 7 heteroatoms. The maximum absolute atomic E-state index is 12.1. The minimum atomic E-state index is -0.172. The molecule has 2 aromatic rings. The Bertz CT molecular complexity index is 854. The zero-order valence-electron chi connectivity index (χ0n) is 16.1. The third-order valence-electron chi connectivity index (χ3n) is 4.73. The summed E-state index contributed by atoms with van der Waals surface area (Å²) in [7, 11) is 0. The van der Waals surface area contributed by atoms with Gasteiger partial charge in [0.2, 0.25) is 5.91 Å². The number of hydrogen-bond donors (Lipinski definition) is 2. The Morgan fingerprint density at radius 3 is 2.38 bits per heavy atom. The molecule has 1 saturated heterocycles. The molecule has 29 heavy (non-hydrogen) atoms. The van der Waals surface area contributed by atoms with Gasteiger partial charge in [0.15, 0.2) is 6.61 Å². The number of nitrogens with zero attached hydrogens (tertiary/aromatic N) is 2. The fourth-order valence-electron chi connectivity index (χ4n) is 3.20. The summed E-state index contributed by atoms with van der Waals surface area (Å²) in [6.45, 7) is 1.79. The summed E-state index contributed by atoms with van der Waals surface area (Å²) in [6, 6.07) is 18.2. The van der Waals surface area contributed by atoms with Gasteiger partial charge >= 0.3 is 0 Å². The molecular formula is C22H24N4O3. The second-order valence-corrected chi connectivity index (χ2v) is 6.96. The van der Waals surface area contributed by atoms with Gasteiger partial charge in [-0.1, -0.05) is 18.2 Å². The van der Waals surface area contributed by atoms with E-state index in [0.717, 1.165) is 31.6 Å². The highest BCUT2D eigenvalue weighted by Gasteiger charge is 2.22. The number of benzene rings is 2. The fourth-order valence-corrected chi connectivity index (χ4v) is 3.20. The smallest absolute Gasteiger partial charge is 0.258 e. The summed E-state index contributed by atoms with van der Waals surface area (Å²) in [6.07, 6.45) is 1.59. The molecule has 0 atom stereocenters. The number of carbonyl (C=O) groups is 2. The maximum atomic E-state index is 12.1. The van der Waals surface area contributed by atoms with E-state index in [1.807, 2.05) is 36.4 Å². The number of piperidine rings is 1. The standard InChI is InChI=1S/C22H24N4O3/c23-14-17-6-8-20(9-7-17)29-16-22(28)25-19-10-12-26(13-11-19)15-21(27)24-18-4-2-1-3-5-18/h1-9,19H,10-13,15-16H2,(H,24,27)(H,25,28). The van der Waals surface area contributed by atoms with Gasteiger partial charge in [0, 0.05) is 24.8 Å². The van der Waals surface area contributed by atoms with Crippen molar-refractivity contribution in [3.8, 4) is 11.8 Å². The number of anilines is 1. The zero-order chi connectivity index (χ0) is 20.5. The van der Waals surface area contributed by atoms with Gasteiger partial charge in [0.1, 0.15) is 5.75 Å². The SMILES string of the molecule is N#Cc1ccc(OCC(=O)NC2CCN(CC(=O)Nc3ccccc3)CC2)cc1. The first-order valence-electron chi connectivity index (χ1n) is 9.62. The van der Waals surface area contributed by atoms with E-state index in [2.05, 4.69) is 15.5 Å². The lowest BCUT2D eigenvalue weighted by atomic mass is 10.1. The molecule has 1 aliphatic rings. The maximum Gasteiger partial charge on any atom is 0.258 e. The van der Waals surface area contributed by atoms with Gasteiger partial charge in [-0.25, -0.2) is 0 Å². The Hall–Kier alpha value is -3.37. The van der Waals surface area contributed by atoms with Crippen molar-refractivity contribution in [2.24, 2.45) is 0 Å². The highest BCUT2D eigenvalue weighted by molar-refractivity contribution is 5.92. The largest absolute Gasteiger partial charge is 0.484 e. The van der Waals surface area contributed by atoms with Crippen molar-refractivity contribution in [3.05, 3.63) is 60.2 Å². The lowest BCUT2D eigenvalue weighted by molar-refractivity contribution is -0.124. The predicted octanol–water partition coefficient (Wildman–Crippen LogP) is 2.16. The molecular weight excluding hydrogens is 368 g/mol. The van der Waals surface area contributed by atoms with E-state index in [0.29, 0.717) is 17.9 Å². The quantitative estimate of drug-likeness (QED) is 0.753. The lowest BCUT2D eigenvalue weighted by Gasteiger charge is -2.31. The fraction of sp³-hybridized carbons (Fsp3) is 0.318. The van der Waals surface area contributed by atoms with Crippen LogP contribution in [0.4, 0.5) is 5.69 Å². The molecule has 0 radical (unpaired) electrons. The molecule has 0 spiro atoms. The van der Waals surface area contributed by atoms with Crippen LogP contribution in [0.1, 0.15) is 18.4 Å². The van der Waals surface area contributed by atoms with E-state index in [4.69, 9.17) is 10.00 Å². The third kappa shape index (κ3) is 6.63. The van der Waals surface area contributed by atoms with Crippen molar-refractivity contribution < 1.29 is 14.3 Å². The molecule has 1 fully saturated rings. The Kier molecular flexibility index (Phi) is 7.20. The topological polar surface area (TPSA) is 94.5 Å². The third-order valence-corrected chi connectivity index (χ3v) is 4.73. The normalized spacial score (nSPS) is 14.6. The lowest BCUT2D eigenvalue weighted by Crippen LogP contribution is -2.47. The van der Waals surface area contributed by atoms with Crippen LogP contribution in [0.15, 0.2) is 54.6 Å². The molecule has 3 rings (SSSR count). The number of nitriles is 1. The molecule has 0 aliphatic carbocycles. The number of para-hydroxylation sites is 1. The monoisotopic (exact) mass is 392 g/mol. The summed E-state index contributed by atoms with van der Waals surface area (Å²) in [5.41, 5.74) is 1.34. The minimum Gasteiger partial charge on any atom is -0.484 e. The minimum absolute atomic E-state index is 0.0329. The average Bonchev–Trinajstić information content (AvgIpc) is 2.75. The Balaban J connectivity index is 1.34. The van der Waals surface area contributed by atoms with Crippen LogP contribution in [0.25, 0.3) is 0 Å². The van der Waals surface area contributed by atoms with Crippen molar-refractivity contribution >= 4 is 17.5 Å². The molecule has 1 heterocycles. The number of likely N-dealkylation sites (tertiary alicyclic amines) is 1. The highest BCUT2D eigenvalue weighted by Crippen LogP contribution is 2.13. The molecule has 0 saturated carbocycles. The predicted molar refractivity (Wildman–Crippen MR) is 109 cm³/mol. The number of carbonyl (C=O) groups excluding carboxylic acids is 2. The second-order valence-electron chi connectivity index (χ2n) is 6.96. The first kappa shape index (κ1) is 20.4. The number of nitrogens with one attached hydrogen (secondary N) is 2. The highest BCUT2D eigenvalue weighted by atomic mass is 16.5. The molecule has 150 valence electrons. The Labute approximate surface area is 170 Å². The van der Waals surface area contributed by atoms with Crippen LogP contribution in [-0.4, -0.2) is 49.0 Å². The van der Waals surface area contributed by atoms with Gasteiger partial charge < -0.3 is 15.4 Å². The molecule has 0 bridgehead atoms. The number of rotatable bonds is 7. The first-order valence-corrected chi connectivity index (χ1v) is 9.62. The van der Waals surface area contributed by atoms with Crippen molar-refractivity contribution in [1.82, 2.24) is 10.2 Å². The Morgan fingerprint density at radius 1 is 1.03 bits per heavy atom. The first-order chi connectivity index (χ1) is 14.1. The van der Waals surface area contributed by atoms with Crippen LogP contribution < -0.4 is 15.4 Å². The van der Waals surface area contributed by atoms with Crippen LogP contribution in [0.3, 0.4) is 0 Å². The van der Waals surface area contributed by atoms with E-state index >= 15 is 0 Å². The number of ether oxygens (including phenoxy) is 1. The second kappa shape index (κ2) is 10.2. The summed E-state index contributed by atoms with van der Waals surface area (Å²) in [5.74, 6) is 0.350. The van der Waals surface area contributed by atoms with Crippen LogP contribution in [0, 0.1) is 11.3 Å². The van der Waals surface area contributed by atoms with Crippen LogP contribution in [0.5, 0.6) is 5.75 Å². The zero-order valence-corrected chi connectivity index (χ0v) is 16.1. The number of hydrogen-bond acceptors (Lipinski definition) is 5. The summed E-state index contributed by atoms with van der Waals surface area (Å²) >= 11 is 0. The van der Waals surface area contributed by atoms with Gasteiger partial charge in [0.05, 0.1) is 18.2 Å². The summed E-state index contributed by atoms with van der Waals surface area (Å²) < 4.78 is 5.45. The van der Waals surface area contributed by atoms with Crippen molar-refractivity contribution in [1.29, 1.82) is 5.26 Å². The molecule has 0 aromatic heterocycles. The molecule has 2 amide bonds. The van der Waals surface area contributed by atoms with Crippen LogP contribution >= 0.6 is 0 Å². The van der Waals surface area contributed by atoms with Crippen molar-refractivity contribution in [2.75, 3.05) is 31.6 Å². The van der Waals surface area contributed by atoms with Gasteiger partial charge in [-0.15, -0.1) is 0 Å². The van der Waals surface area contributed by atoms with E-state index in [1.165, 1.54) is 0 Å². The van der Waals surface area contributed by atoms with Gasteiger partial charge in [-0.05, 0) is 49.2 Å². The van der Waals surface area contributed by atoms with E-state index in [1.54, 1.807) is 24.3 Å². The van der Waals surface area contributed by atoms with E-state index in [-0.39, 0.29) is 24.5 Å². The van der Waals surface area contributed by atoms with Crippen molar-refractivity contribution in [2.45, 2.75) is 18.9 Å². The van der Waals surface area contributed by atoms with Crippen molar-refractivity contribution in [3.63, 3.8) is 0 Å². The average molecular weight is 392 g/mol. The molecule has 7 nitrogen and oxygen atoms in total. The number of amides is 2. The van der Waals surface area contributed by atoms with Crippen LogP contribution in [-0.2, 0) is 9.59 Å². The van der Waals surface area contributed by atoms with Gasteiger partial charge in [-0.3, -0.25) is 14.5 Å². The van der Waals surface area contributed by atoms with E-state index < -0.39 is 0 Å². The molecule has 2 aromatic carbocycles. The molecule has 1 aliphatic heterocycles.